The van der Waals surface area contributed by atoms with Crippen LogP contribution in [0.3, 0.4) is 0 Å². The lowest BCUT2D eigenvalue weighted by atomic mass is 9.98. The van der Waals surface area contributed by atoms with Gasteiger partial charge in [-0.05, 0) is 54.0 Å². The molecule has 1 unspecified atom stereocenters. The zero-order chi connectivity index (χ0) is 21.1. The van der Waals surface area contributed by atoms with Gasteiger partial charge < -0.3 is 19.7 Å². The van der Waals surface area contributed by atoms with Crippen molar-refractivity contribution in [3.05, 3.63) is 15.8 Å². The van der Waals surface area contributed by atoms with E-state index in [0.29, 0.717) is 23.7 Å². The molecule has 1 aliphatic rings. The molecule has 1 aromatic rings. The maximum Gasteiger partial charge on any atom is 0.410 e. The normalized spacial score (nSPS) is 17.0. The summed E-state index contributed by atoms with van der Waals surface area (Å²) >= 11 is 1.32. The number of ether oxygens (including phenoxy) is 2. The quantitative estimate of drug-likeness (QED) is 0.597. The third-order valence-electron chi connectivity index (χ3n) is 3.86. The predicted molar refractivity (Wildman–Crippen MR) is 112 cm³/mol. The fourth-order valence-electron chi connectivity index (χ4n) is 2.64. The fraction of sp³-hybridized carbons (Fsp3) is 0.619. The molecule has 28 heavy (non-hydrogen) atoms. The first-order valence-electron chi connectivity index (χ1n) is 9.38. The predicted octanol–water partition coefficient (Wildman–Crippen LogP) is 4.35. The summed E-state index contributed by atoms with van der Waals surface area (Å²) in [5, 5.41) is 3.38. The van der Waals surface area contributed by atoms with Crippen LogP contribution < -0.4 is 5.32 Å². The van der Waals surface area contributed by atoms with Crippen molar-refractivity contribution < 1.29 is 19.1 Å². The molecular weight excluding hydrogens is 376 g/mol. The monoisotopic (exact) mass is 406 g/mol. The van der Waals surface area contributed by atoms with Gasteiger partial charge in [0.25, 0.3) is 0 Å². The maximum atomic E-state index is 12.2. The van der Waals surface area contributed by atoms with E-state index in [9.17, 15) is 9.59 Å². The van der Waals surface area contributed by atoms with Crippen LogP contribution in [0.1, 0.15) is 62.5 Å². The average Bonchev–Trinajstić information content (AvgIpc) is 3.17. The first kappa shape index (κ1) is 22.1. The van der Waals surface area contributed by atoms with E-state index >= 15 is 0 Å². The lowest BCUT2D eigenvalue weighted by Crippen LogP contribution is -2.36. The number of amides is 1. The standard InChI is InChI=1S/C21H30N2O4S/c1-20(2,3)10-8-15-12-16(17(28-15)18(24)26-7)22-14-9-11-23(13-14)19(25)27-21(4,5)6/h12,14,22H,9,11,13H2,1-7H3. The van der Waals surface area contributed by atoms with Gasteiger partial charge in [-0.2, -0.15) is 0 Å². The summed E-state index contributed by atoms with van der Waals surface area (Å²) < 4.78 is 10.3. The molecule has 1 amide bonds. The Hall–Kier alpha value is -2.20. The Morgan fingerprint density at radius 1 is 1.25 bits per heavy atom. The first-order chi connectivity index (χ1) is 12.9. The number of nitrogens with zero attached hydrogens (tertiary/aromatic N) is 1. The van der Waals surface area contributed by atoms with Crippen molar-refractivity contribution in [2.45, 2.75) is 59.6 Å². The lowest BCUT2D eigenvalue weighted by molar-refractivity contribution is 0.0293. The summed E-state index contributed by atoms with van der Waals surface area (Å²) in [6, 6.07) is 1.92. The third kappa shape index (κ3) is 6.45. The van der Waals surface area contributed by atoms with Crippen LogP contribution in [0.5, 0.6) is 0 Å². The van der Waals surface area contributed by atoms with Gasteiger partial charge in [-0.15, -0.1) is 11.3 Å². The topological polar surface area (TPSA) is 67.9 Å². The zero-order valence-electron chi connectivity index (χ0n) is 17.8. The number of carbonyl (C=O) groups is 2. The van der Waals surface area contributed by atoms with Gasteiger partial charge in [-0.25, -0.2) is 9.59 Å². The molecule has 1 aliphatic heterocycles. The Bertz CT molecular complexity index is 790. The van der Waals surface area contributed by atoms with Crippen LogP contribution >= 0.6 is 11.3 Å². The van der Waals surface area contributed by atoms with E-state index in [2.05, 4.69) is 17.2 Å². The minimum Gasteiger partial charge on any atom is -0.465 e. The van der Waals surface area contributed by atoms with Crippen molar-refractivity contribution in [1.29, 1.82) is 0 Å². The second kappa shape index (κ2) is 8.44. The fourth-order valence-corrected chi connectivity index (χ4v) is 3.54. The molecule has 1 fully saturated rings. The number of likely N-dealkylation sites (tertiary alicyclic amines) is 1. The largest absolute Gasteiger partial charge is 0.465 e. The molecule has 0 bridgehead atoms. The van der Waals surface area contributed by atoms with Crippen molar-refractivity contribution in [3.8, 4) is 11.8 Å². The minimum absolute atomic E-state index is 0.0361. The highest BCUT2D eigenvalue weighted by Crippen LogP contribution is 2.30. The van der Waals surface area contributed by atoms with Gasteiger partial charge in [0.1, 0.15) is 10.5 Å². The van der Waals surface area contributed by atoms with Crippen LogP contribution in [0, 0.1) is 17.3 Å². The Balaban J connectivity index is 2.12. The number of hydrogen-bond donors (Lipinski definition) is 1. The minimum atomic E-state index is -0.519. The van der Waals surface area contributed by atoms with Gasteiger partial charge >= 0.3 is 12.1 Å². The van der Waals surface area contributed by atoms with Crippen molar-refractivity contribution in [2.24, 2.45) is 5.41 Å². The van der Waals surface area contributed by atoms with Crippen LogP contribution in [0.4, 0.5) is 10.5 Å². The molecule has 0 aromatic carbocycles. The molecule has 1 aromatic heterocycles. The van der Waals surface area contributed by atoms with Gasteiger partial charge in [0.05, 0.1) is 17.7 Å². The molecule has 0 aliphatic carbocycles. The Labute approximate surface area is 171 Å². The van der Waals surface area contributed by atoms with Crippen LogP contribution in [0.15, 0.2) is 6.07 Å². The Kier molecular flexibility index (Phi) is 6.66. The highest BCUT2D eigenvalue weighted by atomic mass is 32.1. The number of thiophene rings is 1. The van der Waals surface area contributed by atoms with Crippen LogP contribution in [0.25, 0.3) is 0 Å². The maximum absolute atomic E-state index is 12.2. The van der Waals surface area contributed by atoms with E-state index < -0.39 is 11.6 Å². The van der Waals surface area contributed by atoms with Crippen LogP contribution in [0.2, 0.25) is 0 Å². The van der Waals surface area contributed by atoms with E-state index in [1.54, 1.807) is 4.90 Å². The van der Waals surface area contributed by atoms with Gasteiger partial charge in [-0.1, -0.05) is 11.8 Å². The number of carbonyl (C=O) groups excluding carboxylic acids is 2. The summed E-state index contributed by atoms with van der Waals surface area (Å²) in [5.41, 5.74) is 0.0582. The molecule has 154 valence electrons. The second-order valence-electron chi connectivity index (χ2n) is 8.90. The SMILES string of the molecule is COC(=O)c1sc(C#CC(C)(C)C)cc1NC1CCN(C(=O)OC(C)(C)C)C1. The van der Waals surface area contributed by atoms with Crippen LogP contribution in [-0.4, -0.2) is 48.8 Å². The molecule has 0 saturated carbocycles. The number of hydrogen-bond acceptors (Lipinski definition) is 6. The van der Waals surface area contributed by atoms with Crippen molar-refractivity contribution in [2.75, 3.05) is 25.5 Å². The molecule has 7 heteroatoms. The first-order valence-corrected chi connectivity index (χ1v) is 10.2. The summed E-state index contributed by atoms with van der Waals surface area (Å²) in [4.78, 5) is 27.4. The summed E-state index contributed by atoms with van der Waals surface area (Å²) in [6.07, 6.45) is 0.464. The second-order valence-corrected chi connectivity index (χ2v) is 9.95. The smallest absolute Gasteiger partial charge is 0.410 e. The zero-order valence-corrected chi connectivity index (χ0v) is 18.6. The molecule has 0 spiro atoms. The van der Waals surface area contributed by atoms with Crippen molar-refractivity contribution in [1.82, 2.24) is 4.90 Å². The van der Waals surface area contributed by atoms with Gasteiger partial charge in [-0.3, -0.25) is 0 Å². The number of nitrogens with one attached hydrogen (secondary N) is 1. The van der Waals surface area contributed by atoms with E-state index in [4.69, 9.17) is 9.47 Å². The number of esters is 1. The van der Waals surface area contributed by atoms with E-state index in [1.807, 2.05) is 47.6 Å². The number of anilines is 1. The summed E-state index contributed by atoms with van der Waals surface area (Å²) in [5.74, 6) is 5.93. The Morgan fingerprint density at radius 3 is 2.50 bits per heavy atom. The van der Waals surface area contributed by atoms with Crippen molar-refractivity contribution in [3.63, 3.8) is 0 Å². The third-order valence-corrected chi connectivity index (χ3v) is 4.89. The van der Waals surface area contributed by atoms with Gasteiger partial charge in [0.2, 0.25) is 0 Å². The molecule has 1 N–H and O–H groups in total. The molecule has 0 radical (unpaired) electrons. The highest BCUT2D eigenvalue weighted by molar-refractivity contribution is 7.15. The van der Waals surface area contributed by atoms with E-state index in [1.165, 1.54) is 18.4 Å². The summed E-state index contributed by atoms with van der Waals surface area (Å²) in [6.45, 7) is 12.8. The molecule has 1 atom stereocenters. The van der Waals surface area contributed by atoms with Crippen molar-refractivity contribution >= 4 is 29.1 Å². The molecule has 6 nitrogen and oxygen atoms in total. The molecule has 2 rings (SSSR count). The molecule has 1 saturated heterocycles. The van der Waals surface area contributed by atoms with Crippen LogP contribution in [-0.2, 0) is 9.47 Å². The van der Waals surface area contributed by atoms with E-state index in [-0.39, 0.29) is 17.6 Å². The summed E-state index contributed by atoms with van der Waals surface area (Å²) in [7, 11) is 1.37. The Morgan fingerprint density at radius 2 is 1.93 bits per heavy atom. The number of rotatable bonds is 3. The van der Waals surface area contributed by atoms with Gasteiger partial charge in [0.15, 0.2) is 0 Å². The highest BCUT2D eigenvalue weighted by Gasteiger charge is 2.30. The lowest BCUT2D eigenvalue weighted by Gasteiger charge is -2.24. The number of methoxy groups -OCH3 is 1. The molecular formula is C21H30N2O4S. The van der Waals surface area contributed by atoms with Gasteiger partial charge in [0, 0.05) is 24.5 Å². The van der Waals surface area contributed by atoms with E-state index in [0.717, 1.165) is 11.3 Å². The average molecular weight is 407 g/mol. The molecule has 2 heterocycles.